The normalized spacial score (nSPS) is 12.9. The third kappa shape index (κ3) is 7.27. The van der Waals surface area contributed by atoms with Crippen molar-refractivity contribution in [3.05, 3.63) is 71.8 Å². The Morgan fingerprint density at radius 3 is 1.07 bits per heavy atom. The molecular weight excluding hydrogens is 376 g/mol. The molecule has 0 amide bonds. The van der Waals surface area contributed by atoms with Gasteiger partial charge in [0.25, 0.3) is 0 Å². The minimum absolute atomic E-state index is 0.602. The van der Waals surface area contributed by atoms with Crippen LogP contribution in [0.3, 0.4) is 0 Å². The van der Waals surface area contributed by atoms with Gasteiger partial charge in [-0.25, -0.2) is 19.6 Å². The minimum atomic E-state index is -0.832. The Kier molecular flexibility index (Phi) is 7.49. The average Bonchev–Trinajstić information content (AvgIpc) is 2.71. The molecule has 162 valence electrons. The Bertz CT molecular complexity index is 785. The van der Waals surface area contributed by atoms with Gasteiger partial charge in [0, 0.05) is 0 Å². The maximum atomic E-state index is 5.74. The van der Waals surface area contributed by atoms with Crippen LogP contribution in [-0.2, 0) is 30.8 Å². The maximum Gasteiger partial charge on any atom is 0.158 e. The van der Waals surface area contributed by atoms with Crippen LogP contribution in [-0.4, -0.2) is 11.2 Å². The molecule has 0 atom stereocenters. The molecule has 30 heavy (non-hydrogen) atoms. The van der Waals surface area contributed by atoms with Crippen molar-refractivity contribution < 1.29 is 19.6 Å². The monoisotopic (exact) mass is 410 g/mol. The van der Waals surface area contributed by atoms with Crippen LogP contribution >= 0.6 is 0 Å². The lowest BCUT2D eigenvalue weighted by Crippen LogP contribution is -2.32. The second-order valence-electron chi connectivity index (χ2n) is 9.36. The molecule has 2 aromatic rings. The fraction of sp³-hybridized carbons (Fsp3) is 0.462. The number of hydrogen-bond donors (Lipinski definition) is 0. The summed E-state index contributed by atoms with van der Waals surface area (Å²) in [7, 11) is 0. The molecule has 0 aliphatic rings. The van der Waals surface area contributed by atoms with Gasteiger partial charge in [-0.2, -0.15) is 0 Å². The lowest BCUT2D eigenvalue weighted by atomic mass is 9.99. The first-order chi connectivity index (χ1) is 13.8. The Morgan fingerprint density at radius 1 is 0.467 bits per heavy atom. The number of hydrogen-bond acceptors (Lipinski definition) is 4. The van der Waals surface area contributed by atoms with E-state index >= 15 is 0 Å². The molecule has 0 bridgehead atoms. The van der Waals surface area contributed by atoms with E-state index in [1.807, 2.05) is 116 Å². The van der Waals surface area contributed by atoms with Gasteiger partial charge in [0.15, 0.2) is 11.2 Å². The van der Waals surface area contributed by atoms with Crippen molar-refractivity contribution in [3.63, 3.8) is 0 Å². The van der Waals surface area contributed by atoms with Crippen molar-refractivity contribution in [1.29, 1.82) is 0 Å². The van der Waals surface area contributed by atoms with Gasteiger partial charge in [-0.15, -0.1) is 0 Å². The molecule has 0 fully saturated rings. The Labute approximate surface area is 181 Å². The lowest BCUT2D eigenvalue weighted by Gasteiger charge is -2.29. The zero-order valence-electron chi connectivity index (χ0n) is 19.4. The van der Waals surface area contributed by atoms with Crippen molar-refractivity contribution in [1.82, 2.24) is 0 Å². The topological polar surface area (TPSA) is 36.9 Å². The van der Waals surface area contributed by atoms with Gasteiger partial charge in [-0.05, 0) is 66.5 Å². The third-order valence-electron chi connectivity index (χ3n) is 4.52. The van der Waals surface area contributed by atoms with E-state index in [0.29, 0.717) is 0 Å². The van der Waals surface area contributed by atoms with Crippen molar-refractivity contribution in [2.24, 2.45) is 0 Å². The van der Waals surface area contributed by atoms with Crippen molar-refractivity contribution in [2.45, 2.75) is 77.8 Å². The van der Waals surface area contributed by atoms with Crippen molar-refractivity contribution in [3.8, 4) is 11.8 Å². The van der Waals surface area contributed by atoms with E-state index in [9.17, 15) is 0 Å². The Morgan fingerprint density at radius 2 is 0.767 bits per heavy atom. The van der Waals surface area contributed by atoms with Gasteiger partial charge in [0.2, 0.25) is 0 Å². The molecule has 2 rings (SSSR count). The fourth-order valence-electron chi connectivity index (χ4n) is 2.53. The summed E-state index contributed by atoms with van der Waals surface area (Å²) in [6.45, 7) is 15.2. The molecule has 4 heteroatoms. The van der Waals surface area contributed by atoms with E-state index in [-0.39, 0.29) is 0 Å². The van der Waals surface area contributed by atoms with E-state index < -0.39 is 22.4 Å². The Hall–Kier alpha value is -2.16. The molecule has 0 aliphatic heterocycles. The van der Waals surface area contributed by atoms with E-state index in [0.717, 1.165) is 11.1 Å². The molecule has 0 radical (unpaired) electrons. The molecule has 0 aliphatic carbocycles. The molecule has 0 saturated carbocycles. The molecule has 2 aromatic carbocycles. The predicted molar refractivity (Wildman–Crippen MR) is 119 cm³/mol. The van der Waals surface area contributed by atoms with Crippen molar-refractivity contribution >= 4 is 0 Å². The van der Waals surface area contributed by atoms with Gasteiger partial charge in [0.05, 0.1) is 0 Å². The smallest absolute Gasteiger partial charge is 0.158 e. The summed E-state index contributed by atoms with van der Waals surface area (Å²) >= 11 is 0. The fourth-order valence-corrected chi connectivity index (χ4v) is 2.53. The largest absolute Gasteiger partial charge is 0.224 e. The summed E-state index contributed by atoms with van der Waals surface area (Å²) in [4.78, 5) is 22.9. The van der Waals surface area contributed by atoms with Crippen molar-refractivity contribution in [2.75, 3.05) is 0 Å². The Balaban J connectivity index is 1.98. The van der Waals surface area contributed by atoms with Crippen LogP contribution in [0, 0.1) is 11.8 Å². The standard InChI is InChI=1S/C26H34O4/c1-23(2,27-29-25(5,6)21-15-11-9-12-16-21)19-20-24(3,4)28-30-26(7,8)22-17-13-10-14-18-22/h9-18H,1-8H3. The summed E-state index contributed by atoms with van der Waals surface area (Å²) in [6, 6.07) is 19.9. The third-order valence-corrected chi connectivity index (χ3v) is 4.52. The van der Waals surface area contributed by atoms with Crippen LogP contribution in [0.1, 0.15) is 66.5 Å². The maximum absolute atomic E-state index is 5.74. The average molecular weight is 411 g/mol. The summed E-state index contributed by atoms with van der Waals surface area (Å²) < 4.78 is 0. The lowest BCUT2D eigenvalue weighted by molar-refractivity contribution is -0.395. The van der Waals surface area contributed by atoms with E-state index in [1.54, 1.807) is 0 Å². The zero-order chi connectivity index (χ0) is 22.5. The van der Waals surface area contributed by atoms with Gasteiger partial charge < -0.3 is 0 Å². The zero-order valence-corrected chi connectivity index (χ0v) is 19.4. The van der Waals surface area contributed by atoms with E-state index in [1.165, 1.54) is 0 Å². The highest BCUT2D eigenvalue weighted by Gasteiger charge is 2.29. The summed E-state index contributed by atoms with van der Waals surface area (Å²) in [6.07, 6.45) is 0. The van der Waals surface area contributed by atoms with Crippen LogP contribution in [0.15, 0.2) is 60.7 Å². The molecule has 0 saturated heterocycles. The number of rotatable bonds is 8. The highest BCUT2D eigenvalue weighted by molar-refractivity contribution is 5.22. The molecule has 0 N–H and O–H groups in total. The SMILES string of the molecule is CC(C)(C#CC(C)(C)OOC(C)(C)c1ccccc1)OOC(C)(C)c1ccccc1. The van der Waals surface area contributed by atoms with Crippen LogP contribution in [0.5, 0.6) is 0 Å². The number of benzene rings is 2. The van der Waals surface area contributed by atoms with Gasteiger partial charge in [0.1, 0.15) is 11.2 Å². The summed E-state index contributed by atoms with van der Waals surface area (Å²) in [5.41, 5.74) is -0.823. The van der Waals surface area contributed by atoms with E-state index in [2.05, 4.69) is 11.8 Å². The van der Waals surface area contributed by atoms with Gasteiger partial charge >= 0.3 is 0 Å². The van der Waals surface area contributed by atoms with Crippen LogP contribution in [0.25, 0.3) is 0 Å². The summed E-state index contributed by atoms with van der Waals surface area (Å²) in [5, 5.41) is 0. The highest BCUT2D eigenvalue weighted by Crippen LogP contribution is 2.28. The predicted octanol–water partition coefficient (Wildman–Crippen LogP) is 6.31. The second kappa shape index (κ2) is 9.32. The first-order valence-electron chi connectivity index (χ1n) is 10.2. The van der Waals surface area contributed by atoms with Crippen LogP contribution in [0.4, 0.5) is 0 Å². The quantitative estimate of drug-likeness (QED) is 0.290. The van der Waals surface area contributed by atoms with Crippen LogP contribution < -0.4 is 0 Å². The molecule has 0 spiro atoms. The highest BCUT2D eigenvalue weighted by atomic mass is 17.2. The van der Waals surface area contributed by atoms with Gasteiger partial charge in [-0.1, -0.05) is 72.5 Å². The van der Waals surface area contributed by atoms with Gasteiger partial charge in [-0.3, -0.25) is 0 Å². The molecule has 0 aromatic heterocycles. The van der Waals surface area contributed by atoms with E-state index in [4.69, 9.17) is 19.6 Å². The molecule has 4 nitrogen and oxygen atoms in total. The minimum Gasteiger partial charge on any atom is -0.224 e. The van der Waals surface area contributed by atoms with Crippen LogP contribution in [0.2, 0.25) is 0 Å². The molecule has 0 heterocycles. The first kappa shape index (κ1) is 24.1. The molecular formula is C26H34O4. The summed E-state index contributed by atoms with van der Waals surface area (Å²) in [5.74, 6) is 6.19. The molecule has 0 unspecified atom stereocenters. The second-order valence-corrected chi connectivity index (χ2v) is 9.36. The first-order valence-corrected chi connectivity index (χ1v) is 10.2.